The van der Waals surface area contributed by atoms with Crippen molar-refractivity contribution in [2.45, 2.75) is 38.1 Å². The summed E-state index contributed by atoms with van der Waals surface area (Å²) in [6.45, 7) is 0. The first-order chi connectivity index (χ1) is 16.3. The van der Waals surface area contributed by atoms with Gasteiger partial charge in [-0.3, -0.25) is 9.59 Å². The highest BCUT2D eigenvalue weighted by Crippen LogP contribution is 2.58. The van der Waals surface area contributed by atoms with Crippen LogP contribution in [0.1, 0.15) is 46.5 Å². The number of hydrogen-bond donors (Lipinski definition) is 2. The van der Waals surface area contributed by atoms with Crippen molar-refractivity contribution in [2.24, 2.45) is 11.3 Å². The van der Waals surface area contributed by atoms with Gasteiger partial charge in [0.1, 0.15) is 11.6 Å². The molecule has 2 fully saturated rings. The van der Waals surface area contributed by atoms with E-state index in [4.69, 9.17) is 9.84 Å². The van der Waals surface area contributed by atoms with Crippen molar-refractivity contribution in [1.82, 2.24) is 5.32 Å². The van der Waals surface area contributed by atoms with Gasteiger partial charge >= 0.3 is 5.97 Å². The van der Waals surface area contributed by atoms with E-state index in [0.717, 1.165) is 52.8 Å². The van der Waals surface area contributed by atoms with Crippen molar-refractivity contribution in [2.75, 3.05) is 7.11 Å². The highest BCUT2D eigenvalue weighted by atomic mass is 32.1. The Labute approximate surface area is 201 Å². The van der Waals surface area contributed by atoms with Crippen molar-refractivity contribution in [3.8, 4) is 16.9 Å². The number of thiophene rings is 1. The zero-order valence-electron chi connectivity index (χ0n) is 18.8. The Bertz CT molecular complexity index is 1220. The lowest BCUT2D eigenvalue weighted by atomic mass is 9.50. The minimum atomic E-state index is -0.704. The molecule has 176 valence electrons. The molecule has 2 N–H and O–H groups in total. The van der Waals surface area contributed by atoms with Gasteiger partial charge in [0, 0.05) is 12.1 Å². The molecule has 2 aromatic carbocycles. The number of hydrogen-bond acceptors (Lipinski definition) is 4. The Balaban J connectivity index is 1.20. The van der Waals surface area contributed by atoms with Crippen molar-refractivity contribution >= 4 is 23.2 Å². The molecular weight excluding hydrogens is 453 g/mol. The first kappa shape index (κ1) is 22.6. The quantitative estimate of drug-likeness (QED) is 0.467. The minimum absolute atomic E-state index is 0.0533. The lowest BCUT2D eigenvalue weighted by Crippen LogP contribution is -2.57. The molecule has 7 heteroatoms. The molecule has 2 aliphatic carbocycles. The number of carbonyl (C=O) groups is 2. The number of carbonyl (C=O) groups excluding carboxylic acids is 1. The SMILES string of the molecule is COc1cc(F)cc(-c2ccc(Cc3ccsc3C(=O)NC3CC4(C3)CC(C(=O)O)C4)cc2)c1. The first-order valence-electron chi connectivity index (χ1n) is 11.4. The second-order valence-electron chi connectivity index (χ2n) is 9.55. The highest BCUT2D eigenvalue weighted by molar-refractivity contribution is 7.12. The summed E-state index contributed by atoms with van der Waals surface area (Å²) >= 11 is 1.44. The summed E-state index contributed by atoms with van der Waals surface area (Å²) in [5.41, 5.74) is 3.82. The fraction of sp³-hybridized carbons (Fsp3) is 0.333. The maximum absolute atomic E-state index is 13.8. The van der Waals surface area contributed by atoms with Crippen LogP contribution in [0.3, 0.4) is 0 Å². The van der Waals surface area contributed by atoms with Gasteiger partial charge in [-0.2, -0.15) is 0 Å². The summed E-state index contributed by atoms with van der Waals surface area (Å²) in [5, 5.41) is 14.2. The minimum Gasteiger partial charge on any atom is -0.497 e. The molecule has 5 nitrogen and oxygen atoms in total. The predicted molar refractivity (Wildman–Crippen MR) is 129 cm³/mol. The van der Waals surface area contributed by atoms with Gasteiger partial charge in [-0.1, -0.05) is 24.3 Å². The third-order valence-corrected chi connectivity index (χ3v) is 8.10. The van der Waals surface area contributed by atoms with Gasteiger partial charge in [0.25, 0.3) is 5.91 Å². The van der Waals surface area contributed by atoms with E-state index in [1.165, 1.54) is 30.6 Å². The Morgan fingerprint density at radius 3 is 2.50 bits per heavy atom. The van der Waals surface area contributed by atoms with E-state index in [1.807, 2.05) is 35.7 Å². The molecule has 5 rings (SSSR count). The summed E-state index contributed by atoms with van der Waals surface area (Å²) in [7, 11) is 1.52. The van der Waals surface area contributed by atoms with Crippen molar-refractivity contribution in [3.63, 3.8) is 0 Å². The van der Waals surface area contributed by atoms with Gasteiger partial charge in [-0.15, -0.1) is 11.3 Å². The highest BCUT2D eigenvalue weighted by Gasteiger charge is 2.55. The molecule has 0 bridgehead atoms. The standard InChI is InChI=1S/C27H26FNO4S/c1-33-23-10-19(9-21(28)11-23)17-4-2-16(3-5-17)8-18-6-7-34-24(18)25(30)29-22-14-27(15-22)12-20(13-27)26(31)32/h2-7,9-11,20,22H,8,12-15H2,1H3,(H,29,30)(H,31,32). The lowest BCUT2D eigenvalue weighted by molar-refractivity contribution is -0.155. The summed E-state index contributed by atoms with van der Waals surface area (Å²) < 4.78 is 19.0. The number of rotatable bonds is 7. The van der Waals surface area contributed by atoms with Crippen LogP contribution in [-0.2, 0) is 11.2 Å². The fourth-order valence-corrected chi connectivity index (χ4v) is 6.21. The average Bonchev–Trinajstić information content (AvgIpc) is 3.22. The smallest absolute Gasteiger partial charge is 0.306 e. The summed E-state index contributed by atoms with van der Waals surface area (Å²) in [6.07, 6.45) is 3.84. The third kappa shape index (κ3) is 4.44. The second-order valence-corrected chi connectivity index (χ2v) is 10.5. The summed E-state index contributed by atoms with van der Waals surface area (Å²) in [6, 6.07) is 14.6. The lowest BCUT2D eigenvalue weighted by Gasteiger charge is -2.56. The number of aliphatic carboxylic acids is 1. The van der Waals surface area contributed by atoms with Crippen LogP contribution >= 0.6 is 11.3 Å². The summed E-state index contributed by atoms with van der Waals surface area (Å²) in [5.74, 6) is -0.838. The van der Waals surface area contributed by atoms with Crippen LogP contribution in [0.5, 0.6) is 5.75 Å². The van der Waals surface area contributed by atoms with Crippen LogP contribution in [0, 0.1) is 17.2 Å². The van der Waals surface area contributed by atoms with E-state index < -0.39 is 5.97 Å². The Morgan fingerprint density at radius 1 is 1.09 bits per heavy atom. The number of carboxylic acid groups (broad SMARTS) is 1. The molecule has 0 unspecified atom stereocenters. The molecule has 0 radical (unpaired) electrons. The third-order valence-electron chi connectivity index (χ3n) is 7.14. The van der Waals surface area contributed by atoms with Crippen LogP contribution < -0.4 is 10.1 Å². The van der Waals surface area contributed by atoms with Gasteiger partial charge < -0.3 is 15.2 Å². The number of methoxy groups -OCH3 is 1. The molecule has 34 heavy (non-hydrogen) atoms. The number of halogens is 1. The number of benzene rings is 2. The van der Waals surface area contributed by atoms with Crippen LogP contribution in [0.15, 0.2) is 53.9 Å². The Kier molecular flexibility index (Phi) is 5.90. The maximum atomic E-state index is 13.8. The van der Waals surface area contributed by atoms with E-state index in [1.54, 1.807) is 6.07 Å². The van der Waals surface area contributed by atoms with E-state index in [-0.39, 0.29) is 29.1 Å². The first-order valence-corrected chi connectivity index (χ1v) is 12.3. The molecular formula is C27H26FNO4S. The van der Waals surface area contributed by atoms with E-state index in [2.05, 4.69) is 5.32 Å². The van der Waals surface area contributed by atoms with Crippen LogP contribution in [0.4, 0.5) is 4.39 Å². The van der Waals surface area contributed by atoms with Crippen molar-refractivity contribution in [3.05, 3.63) is 75.7 Å². The van der Waals surface area contributed by atoms with Gasteiger partial charge in [0.2, 0.25) is 0 Å². The molecule has 0 saturated heterocycles. The van der Waals surface area contributed by atoms with Crippen LogP contribution in [0.25, 0.3) is 11.1 Å². The predicted octanol–water partition coefficient (Wildman–Crippen LogP) is 5.53. The second kappa shape index (κ2) is 8.87. The monoisotopic (exact) mass is 479 g/mol. The summed E-state index contributed by atoms with van der Waals surface area (Å²) in [4.78, 5) is 24.7. The molecule has 2 saturated carbocycles. The maximum Gasteiger partial charge on any atom is 0.306 e. The van der Waals surface area contributed by atoms with Gasteiger partial charge in [0.15, 0.2) is 0 Å². The van der Waals surface area contributed by atoms with Crippen molar-refractivity contribution < 1.29 is 23.8 Å². The van der Waals surface area contributed by atoms with E-state index in [0.29, 0.717) is 12.2 Å². The molecule has 0 atom stereocenters. The zero-order valence-corrected chi connectivity index (χ0v) is 19.7. The number of carboxylic acids is 1. The normalized spacial score (nSPS) is 23.1. The molecule has 1 aromatic heterocycles. The molecule has 1 amide bonds. The average molecular weight is 480 g/mol. The van der Waals surface area contributed by atoms with E-state index >= 15 is 0 Å². The molecule has 2 aliphatic rings. The largest absolute Gasteiger partial charge is 0.497 e. The number of amides is 1. The zero-order chi connectivity index (χ0) is 23.9. The van der Waals surface area contributed by atoms with Crippen LogP contribution in [-0.4, -0.2) is 30.1 Å². The fourth-order valence-electron chi connectivity index (χ4n) is 5.39. The topological polar surface area (TPSA) is 75.6 Å². The molecule has 3 aromatic rings. The molecule has 0 aliphatic heterocycles. The van der Waals surface area contributed by atoms with Crippen molar-refractivity contribution in [1.29, 1.82) is 0 Å². The van der Waals surface area contributed by atoms with Crippen LogP contribution in [0.2, 0.25) is 0 Å². The molecule has 1 heterocycles. The van der Waals surface area contributed by atoms with E-state index in [9.17, 15) is 14.0 Å². The number of nitrogens with one attached hydrogen (secondary N) is 1. The van der Waals surface area contributed by atoms with Gasteiger partial charge in [-0.25, -0.2) is 4.39 Å². The van der Waals surface area contributed by atoms with Gasteiger partial charge in [-0.05, 0) is 83.4 Å². The van der Waals surface area contributed by atoms with Gasteiger partial charge in [0.05, 0.1) is 17.9 Å². The Morgan fingerprint density at radius 2 is 1.82 bits per heavy atom. The number of ether oxygens (including phenoxy) is 1. The Hall–Kier alpha value is -3.19. The molecule has 1 spiro atoms.